The quantitative estimate of drug-likeness (QED) is 0.873. The van der Waals surface area contributed by atoms with Gasteiger partial charge in [-0.15, -0.1) is 0 Å². The Bertz CT molecular complexity index is 768. The highest BCUT2D eigenvalue weighted by molar-refractivity contribution is 5.61. The number of hydrogen-bond donors (Lipinski definition) is 1. The molecule has 5 heteroatoms. The van der Waals surface area contributed by atoms with Crippen molar-refractivity contribution in [3.8, 4) is 5.75 Å². The van der Waals surface area contributed by atoms with E-state index in [0.717, 1.165) is 55.2 Å². The number of aryl methyl sites for hydroxylation is 1. The molecule has 1 unspecified atom stereocenters. The van der Waals surface area contributed by atoms with Crippen molar-refractivity contribution in [3.63, 3.8) is 0 Å². The van der Waals surface area contributed by atoms with E-state index >= 15 is 0 Å². The molecule has 0 bridgehead atoms. The van der Waals surface area contributed by atoms with Gasteiger partial charge in [-0.2, -0.15) is 4.98 Å². The van der Waals surface area contributed by atoms with Crippen LogP contribution in [-0.2, 0) is 0 Å². The Morgan fingerprint density at radius 1 is 1.17 bits per heavy atom. The third-order valence-electron chi connectivity index (χ3n) is 4.81. The van der Waals surface area contributed by atoms with E-state index in [4.69, 9.17) is 10.5 Å². The summed E-state index contributed by atoms with van der Waals surface area (Å²) in [5.74, 6) is 2.24. The molecule has 2 aliphatic rings. The zero-order chi connectivity index (χ0) is 16.6. The van der Waals surface area contributed by atoms with Gasteiger partial charge in [0.05, 0.1) is 0 Å². The number of para-hydroxylation sites is 1. The SMILES string of the molecule is Cc1cc(N2CCCC3(C=Cc4ccccc4O3)CC2)nc(N)n1. The van der Waals surface area contributed by atoms with Gasteiger partial charge in [-0.3, -0.25) is 0 Å². The van der Waals surface area contributed by atoms with Crippen LogP contribution >= 0.6 is 0 Å². The van der Waals surface area contributed by atoms with Gasteiger partial charge in [0.25, 0.3) is 0 Å². The minimum absolute atomic E-state index is 0.212. The van der Waals surface area contributed by atoms with Crippen LogP contribution in [0.5, 0.6) is 5.75 Å². The zero-order valence-corrected chi connectivity index (χ0v) is 13.9. The highest BCUT2D eigenvalue weighted by atomic mass is 16.5. The number of anilines is 2. The average Bonchev–Trinajstić information content (AvgIpc) is 2.77. The predicted octanol–water partition coefficient (Wildman–Crippen LogP) is 3.20. The summed E-state index contributed by atoms with van der Waals surface area (Å²) >= 11 is 0. The molecule has 0 radical (unpaired) electrons. The van der Waals surface area contributed by atoms with E-state index in [0.29, 0.717) is 5.95 Å². The van der Waals surface area contributed by atoms with E-state index in [1.54, 1.807) is 0 Å². The molecular formula is C19H22N4O. The summed E-state index contributed by atoms with van der Waals surface area (Å²) in [6.07, 6.45) is 7.42. The van der Waals surface area contributed by atoms with Crippen LogP contribution in [0.25, 0.3) is 6.08 Å². The van der Waals surface area contributed by atoms with E-state index in [1.165, 1.54) is 0 Å². The van der Waals surface area contributed by atoms with Gasteiger partial charge in [0.15, 0.2) is 0 Å². The van der Waals surface area contributed by atoms with E-state index in [1.807, 2.05) is 25.1 Å². The second-order valence-corrected chi connectivity index (χ2v) is 6.60. The maximum atomic E-state index is 6.40. The molecule has 1 aromatic carbocycles. The van der Waals surface area contributed by atoms with Gasteiger partial charge in [0, 0.05) is 36.8 Å². The Balaban J connectivity index is 1.55. The first kappa shape index (κ1) is 15.0. The van der Waals surface area contributed by atoms with Crippen LogP contribution in [0.15, 0.2) is 36.4 Å². The summed E-state index contributed by atoms with van der Waals surface area (Å²) in [5, 5.41) is 0. The topological polar surface area (TPSA) is 64.3 Å². The van der Waals surface area contributed by atoms with Crippen molar-refractivity contribution in [1.29, 1.82) is 0 Å². The summed E-state index contributed by atoms with van der Waals surface area (Å²) in [7, 11) is 0. The van der Waals surface area contributed by atoms with Crippen LogP contribution in [0.1, 0.15) is 30.5 Å². The van der Waals surface area contributed by atoms with Crippen LogP contribution in [0.3, 0.4) is 0 Å². The molecule has 3 heterocycles. The monoisotopic (exact) mass is 322 g/mol. The molecule has 0 saturated carbocycles. The normalized spacial score (nSPS) is 22.8. The molecule has 0 aliphatic carbocycles. The summed E-state index contributed by atoms with van der Waals surface area (Å²) < 4.78 is 6.40. The number of fused-ring (bicyclic) bond motifs is 1. The van der Waals surface area contributed by atoms with Crippen LogP contribution in [0.2, 0.25) is 0 Å². The second kappa shape index (κ2) is 5.82. The van der Waals surface area contributed by atoms with E-state index in [2.05, 4.69) is 39.2 Å². The van der Waals surface area contributed by atoms with Gasteiger partial charge >= 0.3 is 0 Å². The molecule has 124 valence electrons. The van der Waals surface area contributed by atoms with Crippen LogP contribution in [0, 0.1) is 6.92 Å². The van der Waals surface area contributed by atoms with Gasteiger partial charge in [-0.1, -0.05) is 24.3 Å². The molecule has 2 aromatic rings. The fourth-order valence-corrected chi connectivity index (χ4v) is 3.57. The largest absolute Gasteiger partial charge is 0.483 e. The predicted molar refractivity (Wildman–Crippen MR) is 96.1 cm³/mol. The minimum Gasteiger partial charge on any atom is -0.483 e. The van der Waals surface area contributed by atoms with E-state index in [-0.39, 0.29) is 5.60 Å². The molecule has 24 heavy (non-hydrogen) atoms. The van der Waals surface area contributed by atoms with Crippen molar-refractivity contribution in [2.75, 3.05) is 23.7 Å². The van der Waals surface area contributed by atoms with Gasteiger partial charge in [0.2, 0.25) is 5.95 Å². The first-order valence-corrected chi connectivity index (χ1v) is 8.47. The van der Waals surface area contributed by atoms with Gasteiger partial charge < -0.3 is 15.4 Å². The maximum absolute atomic E-state index is 6.40. The molecule has 5 nitrogen and oxygen atoms in total. The lowest BCUT2D eigenvalue weighted by atomic mass is 9.91. The fraction of sp³-hybridized carbons (Fsp3) is 0.368. The highest BCUT2D eigenvalue weighted by Crippen LogP contribution is 2.37. The van der Waals surface area contributed by atoms with Crippen molar-refractivity contribution < 1.29 is 4.74 Å². The Hall–Kier alpha value is -2.56. The number of ether oxygens (including phenoxy) is 1. The molecule has 1 saturated heterocycles. The minimum atomic E-state index is -0.212. The number of aromatic nitrogens is 2. The molecule has 1 aromatic heterocycles. The van der Waals surface area contributed by atoms with Crippen molar-refractivity contribution in [2.45, 2.75) is 31.8 Å². The third kappa shape index (κ3) is 2.82. The lowest BCUT2D eigenvalue weighted by Gasteiger charge is -2.34. The molecule has 4 rings (SSSR count). The molecule has 2 N–H and O–H groups in total. The lowest BCUT2D eigenvalue weighted by Crippen LogP contribution is -2.37. The van der Waals surface area contributed by atoms with E-state index < -0.39 is 0 Å². The Labute approximate surface area is 142 Å². The number of nitrogens with zero attached hydrogens (tertiary/aromatic N) is 3. The number of hydrogen-bond acceptors (Lipinski definition) is 5. The van der Waals surface area contributed by atoms with Crippen molar-refractivity contribution in [1.82, 2.24) is 9.97 Å². The third-order valence-corrected chi connectivity index (χ3v) is 4.81. The average molecular weight is 322 g/mol. The maximum Gasteiger partial charge on any atom is 0.222 e. The van der Waals surface area contributed by atoms with Crippen LogP contribution < -0.4 is 15.4 Å². The molecule has 2 aliphatic heterocycles. The van der Waals surface area contributed by atoms with Crippen LogP contribution in [0.4, 0.5) is 11.8 Å². The second-order valence-electron chi connectivity index (χ2n) is 6.60. The number of rotatable bonds is 1. The van der Waals surface area contributed by atoms with Crippen molar-refractivity contribution in [3.05, 3.63) is 47.7 Å². The summed E-state index contributed by atoms with van der Waals surface area (Å²) in [5.41, 5.74) is 7.66. The summed E-state index contributed by atoms with van der Waals surface area (Å²) in [6.45, 7) is 3.80. The fourth-order valence-electron chi connectivity index (χ4n) is 3.57. The summed E-state index contributed by atoms with van der Waals surface area (Å²) in [6, 6.07) is 10.2. The summed E-state index contributed by atoms with van der Waals surface area (Å²) in [4.78, 5) is 10.9. The van der Waals surface area contributed by atoms with Crippen molar-refractivity contribution in [2.24, 2.45) is 0 Å². The zero-order valence-electron chi connectivity index (χ0n) is 13.9. The van der Waals surface area contributed by atoms with Crippen LogP contribution in [-0.4, -0.2) is 28.7 Å². The molecule has 1 atom stereocenters. The standard InChI is InChI=1S/C19H22N4O/c1-14-13-17(22-18(20)21-14)23-11-4-8-19(10-12-23)9-7-15-5-2-3-6-16(15)24-19/h2-3,5-7,9,13H,4,8,10-12H2,1H3,(H2,20,21,22). The van der Waals surface area contributed by atoms with E-state index in [9.17, 15) is 0 Å². The molecular weight excluding hydrogens is 300 g/mol. The van der Waals surface area contributed by atoms with Gasteiger partial charge in [-0.05, 0) is 31.9 Å². The molecule has 0 amide bonds. The first-order valence-electron chi connectivity index (χ1n) is 8.47. The smallest absolute Gasteiger partial charge is 0.222 e. The van der Waals surface area contributed by atoms with Crippen molar-refractivity contribution >= 4 is 17.8 Å². The van der Waals surface area contributed by atoms with Gasteiger partial charge in [0.1, 0.15) is 17.2 Å². The Kier molecular flexibility index (Phi) is 3.63. The lowest BCUT2D eigenvalue weighted by molar-refractivity contribution is 0.104. The Morgan fingerprint density at radius 2 is 2.04 bits per heavy atom. The number of nitrogen functional groups attached to an aromatic ring is 1. The highest BCUT2D eigenvalue weighted by Gasteiger charge is 2.35. The number of nitrogens with two attached hydrogens (primary N) is 1. The number of benzene rings is 1. The Morgan fingerprint density at radius 3 is 2.92 bits per heavy atom. The molecule has 1 spiro atoms. The first-order chi connectivity index (χ1) is 11.6. The van der Waals surface area contributed by atoms with Gasteiger partial charge in [-0.25, -0.2) is 4.98 Å². The molecule has 1 fully saturated rings.